The molecule has 0 unspecified atom stereocenters. The van der Waals surface area contributed by atoms with Gasteiger partial charge in [0.25, 0.3) is 0 Å². The number of hydrogen-bond acceptors (Lipinski definition) is 9. The molecule has 0 saturated heterocycles. The van der Waals surface area contributed by atoms with Crippen LogP contribution in [0.25, 0.3) is 0 Å². The fourth-order valence-electron chi connectivity index (χ4n) is 2.65. The van der Waals surface area contributed by atoms with Gasteiger partial charge in [-0.05, 0) is 32.4 Å². The number of aliphatic hydroxyl groups is 1. The molecular formula is C21H29NO9S. The number of hydrogen-bond donors (Lipinski definition) is 2. The van der Waals surface area contributed by atoms with E-state index in [2.05, 4.69) is 4.72 Å². The highest BCUT2D eigenvalue weighted by molar-refractivity contribution is 7.89. The molecule has 0 bridgehead atoms. The third-order valence-electron chi connectivity index (χ3n) is 4.10. The number of carbonyl (C=O) groups is 3. The Bertz CT molecular complexity index is 910. The molecule has 178 valence electrons. The van der Waals surface area contributed by atoms with Crippen LogP contribution in [-0.2, 0) is 38.6 Å². The van der Waals surface area contributed by atoms with Gasteiger partial charge in [-0.2, -0.15) is 0 Å². The van der Waals surface area contributed by atoms with Gasteiger partial charge in [0.1, 0.15) is 18.8 Å². The normalized spacial score (nSPS) is 14.4. The lowest BCUT2D eigenvalue weighted by Gasteiger charge is -2.30. The zero-order valence-corrected chi connectivity index (χ0v) is 19.3. The van der Waals surface area contributed by atoms with E-state index >= 15 is 0 Å². The summed E-state index contributed by atoms with van der Waals surface area (Å²) in [5, 5.41) is 10.5. The molecule has 10 nitrogen and oxygen atoms in total. The average Bonchev–Trinajstić information content (AvgIpc) is 2.69. The van der Waals surface area contributed by atoms with Crippen LogP contribution in [0, 0.1) is 6.92 Å². The van der Waals surface area contributed by atoms with Crippen LogP contribution in [0.4, 0.5) is 0 Å². The topological polar surface area (TPSA) is 145 Å². The molecular weight excluding hydrogens is 442 g/mol. The van der Waals surface area contributed by atoms with Crippen LogP contribution < -0.4 is 4.72 Å². The number of nitrogens with one attached hydrogen (secondary N) is 1. The van der Waals surface area contributed by atoms with Crippen LogP contribution in [0.5, 0.6) is 0 Å². The molecule has 2 N–H and O–H groups in total. The Kier molecular flexibility index (Phi) is 11.0. The molecule has 0 fully saturated rings. The Morgan fingerprint density at radius 2 is 1.72 bits per heavy atom. The van der Waals surface area contributed by atoms with Crippen molar-refractivity contribution in [1.29, 1.82) is 0 Å². The molecule has 0 aliphatic heterocycles. The molecule has 0 radical (unpaired) electrons. The standard InChI is InChI=1S/C21H29NO9S/c1-5-29-20(26)8-6-7-18(21(31-16(4)24)19(25)13-30-15(3)23)22-32(27,28)17-11-9-14(2)10-12-17/h6,8-12,18-19,21-22,25H,5,7,13H2,1-4H3/b8-6+/t18-,19+,21+/m0/s1. The molecule has 0 aliphatic carbocycles. The number of esters is 3. The zero-order chi connectivity index (χ0) is 24.3. The lowest BCUT2D eigenvalue weighted by atomic mass is 10.0. The molecule has 1 rings (SSSR count). The van der Waals surface area contributed by atoms with E-state index in [1.165, 1.54) is 18.2 Å². The summed E-state index contributed by atoms with van der Waals surface area (Å²) in [5.41, 5.74) is 0.854. The Balaban J connectivity index is 3.23. The number of rotatable bonds is 12. The summed E-state index contributed by atoms with van der Waals surface area (Å²) < 4.78 is 42.9. The number of ether oxygens (including phenoxy) is 3. The largest absolute Gasteiger partial charge is 0.463 e. The summed E-state index contributed by atoms with van der Waals surface area (Å²) in [5.74, 6) is -2.10. The van der Waals surface area contributed by atoms with Crippen molar-refractivity contribution in [2.24, 2.45) is 0 Å². The predicted molar refractivity (Wildman–Crippen MR) is 114 cm³/mol. The third kappa shape index (κ3) is 9.58. The minimum atomic E-state index is -4.09. The van der Waals surface area contributed by atoms with Crippen molar-refractivity contribution >= 4 is 27.9 Å². The first-order valence-corrected chi connectivity index (χ1v) is 11.4. The number of carbonyl (C=O) groups excluding carboxylic acids is 3. The molecule has 3 atom stereocenters. The highest BCUT2D eigenvalue weighted by Gasteiger charge is 2.34. The second kappa shape index (κ2) is 12.9. The fraction of sp³-hybridized carbons (Fsp3) is 0.476. The molecule has 0 aromatic heterocycles. The van der Waals surface area contributed by atoms with Crippen molar-refractivity contribution < 1.29 is 42.1 Å². The minimum absolute atomic E-state index is 0.0430. The van der Waals surface area contributed by atoms with Crippen molar-refractivity contribution in [3.8, 4) is 0 Å². The average molecular weight is 472 g/mol. The van der Waals surface area contributed by atoms with Crippen LogP contribution >= 0.6 is 0 Å². The second-order valence-electron chi connectivity index (χ2n) is 6.87. The maximum Gasteiger partial charge on any atom is 0.330 e. The highest BCUT2D eigenvalue weighted by Crippen LogP contribution is 2.17. The SMILES string of the molecule is CCOC(=O)/C=C/C[C@H](NS(=O)(=O)c1ccc(C)cc1)[C@@H](OC(C)=O)[C@H](O)COC(C)=O. The number of aliphatic hydroxyl groups excluding tert-OH is 1. The van der Waals surface area contributed by atoms with Gasteiger partial charge in [0.05, 0.1) is 17.5 Å². The second-order valence-corrected chi connectivity index (χ2v) is 8.59. The van der Waals surface area contributed by atoms with Crippen LogP contribution in [-0.4, -0.2) is 62.9 Å². The molecule has 1 aromatic rings. The lowest BCUT2D eigenvalue weighted by Crippen LogP contribution is -2.51. The van der Waals surface area contributed by atoms with Gasteiger partial charge in [0, 0.05) is 19.9 Å². The van der Waals surface area contributed by atoms with Gasteiger partial charge in [0.15, 0.2) is 0 Å². The number of benzene rings is 1. The van der Waals surface area contributed by atoms with Crippen LogP contribution in [0.3, 0.4) is 0 Å². The van der Waals surface area contributed by atoms with Gasteiger partial charge < -0.3 is 19.3 Å². The van der Waals surface area contributed by atoms with Gasteiger partial charge >= 0.3 is 17.9 Å². The van der Waals surface area contributed by atoms with Crippen molar-refractivity contribution in [2.75, 3.05) is 13.2 Å². The van der Waals surface area contributed by atoms with Gasteiger partial charge in [-0.15, -0.1) is 0 Å². The molecule has 0 spiro atoms. The summed E-state index contributed by atoms with van der Waals surface area (Å²) in [4.78, 5) is 34.3. The summed E-state index contributed by atoms with van der Waals surface area (Å²) in [6, 6.07) is 4.84. The van der Waals surface area contributed by atoms with Crippen LogP contribution in [0.1, 0.15) is 32.8 Å². The maximum absolute atomic E-state index is 12.9. The van der Waals surface area contributed by atoms with Crippen LogP contribution in [0.2, 0.25) is 0 Å². The predicted octanol–water partition coefficient (Wildman–Crippen LogP) is 1.01. The third-order valence-corrected chi connectivity index (χ3v) is 5.61. The van der Waals surface area contributed by atoms with E-state index < -0.39 is 52.8 Å². The van der Waals surface area contributed by atoms with Crippen molar-refractivity contribution in [3.63, 3.8) is 0 Å². The fourth-order valence-corrected chi connectivity index (χ4v) is 3.91. The Morgan fingerprint density at radius 1 is 1.09 bits per heavy atom. The van der Waals surface area contributed by atoms with E-state index in [9.17, 15) is 27.9 Å². The number of sulfonamides is 1. The molecule has 1 aromatic carbocycles. The van der Waals surface area contributed by atoms with Crippen molar-refractivity contribution in [3.05, 3.63) is 42.0 Å². The van der Waals surface area contributed by atoms with E-state index in [1.807, 2.05) is 0 Å². The molecule has 0 saturated carbocycles. The maximum atomic E-state index is 12.9. The lowest BCUT2D eigenvalue weighted by molar-refractivity contribution is -0.160. The van der Waals surface area contributed by atoms with Gasteiger partial charge in [-0.25, -0.2) is 17.9 Å². The highest BCUT2D eigenvalue weighted by atomic mass is 32.2. The molecule has 11 heteroatoms. The first kappa shape index (κ1) is 27.3. The van der Waals surface area contributed by atoms with E-state index in [-0.39, 0.29) is 17.9 Å². The quantitative estimate of drug-likeness (QED) is 0.259. The Hall–Kier alpha value is -2.76. The first-order valence-electron chi connectivity index (χ1n) is 9.87. The molecule has 0 amide bonds. The number of aryl methyl sites for hydroxylation is 1. The Labute approximate surface area is 187 Å². The minimum Gasteiger partial charge on any atom is -0.463 e. The molecule has 0 heterocycles. The zero-order valence-electron chi connectivity index (χ0n) is 18.4. The molecule has 0 aliphatic rings. The van der Waals surface area contributed by atoms with E-state index in [0.29, 0.717) is 0 Å². The summed E-state index contributed by atoms with van der Waals surface area (Å²) in [6.45, 7) is 5.28. The van der Waals surface area contributed by atoms with Crippen molar-refractivity contribution in [2.45, 2.75) is 57.3 Å². The van der Waals surface area contributed by atoms with Gasteiger partial charge in [-0.3, -0.25) is 9.59 Å². The Morgan fingerprint density at radius 3 is 2.25 bits per heavy atom. The van der Waals surface area contributed by atoms with E-state index in [4.69, 9.17) is 14.2 Å². The van der Waals surface area contributed by atoms with Crippen molar-refractivity contribution in [1.82, 2.24) is 4.72 Å². The summed E-state index contributed by atoms with van der Waals surface area (Å²) in [7, 11) is -4.09. The first-order chi connectivity index (χ1) is 15.0. The molecule has 32 heavy (non-hydrogen) atoms. The summed E-state index contributed by atoms with van der Waals surface area (Å²) >= 11 is 0. The van der Waals surface area contributed by atoms with Gasteiger partial charge in [-0.1, -0.05) is 23.8 Å². The monoisotopic (exact) mass is 471 g/mol. The van der Waals surface area contributed by atoms with Gasteiger partial charge in [0.2, 0.25) is 10.0 Å². The van der Waals surface area contributed by atoms with Crippen LogP contribution in [0.15, 0.2) is 41.3 Å². The summed E-state index contributed by atoms with van der Waals surface area (Å²) in [6.07, 6.45) is -0.669. The smallest absolute Gasteiger partial charge is 0.330 e. The van der Waals surface area contributed by atoms with E-state index in [1.54, 1.807) is 26.0 Å². The van der Waals surface area contributed by atoms with E-state index in [0.717, 1.165) is 25.5 Å².